The molecule has 0 bridgehead atoms. The molecule has 0 atom stereocenters. The van der Waals surface area contributed by atoms with E-state index in [9.17, 15) is 0 Å². The highest BCUT2D eigenvalue weighted by atomic mass is 16.5. The number of anilines is 1. The lowest BCUT2D eigenvalue weighted by Gasteiger charge is -2.35. The first-order valence-corrected chi connectivity index (χ1v) is 8.78. The topological polar surface area (TPSA) is 84.6 Å². The Bertz CT molecular complexity index is 870. The van der Waals surface area contributed by atoms with Gasteiger partial charge in [-0.25, -0.2) is 0 Å². The van der Waals surface area contributed by atoms with Crippen LogP contribution in [0.1, 0.15) is 11.5 Å². The Balaban J connectivity index is 1.28. The van der Waals surface area contributed by atoms with Crippen molar-refractivity contribution < 1.29 is 4.74 Å². The van der Waals surface area contributed by atoms with Crippen LogP contribution in [-0.4, -0.2) is 74.2 Å². The van der Waals surface area contributed by atoms with Crippen molar-refractivity contribution in [2.45, 2.75) is 13.8 Å². The SMILES string of the molecule is Cc1ccc(OCCN2CCN(c3ccc4nnc(C)n4n3)CC2)nn1. The average Bonchev–Trinajstić information content (AvgIpc) is 3.04. The third kappa shape index (κ3) is 3.57. The Morgan fingerprint density at radius 2 is 1.77 bits per heavy atom. The fraction of sp³-hybridized carbons (Fsp3) is 0.471. The van der Waals surface area contributed by atoms with Gasteiger partial charge in [0.1, 0.15) is 12.4 Å². The zero-order chi connectivity index (χ0) is 17.9. The van der Waals surface area contributed by atoms with Crippen LogP contribution >= 0.6 is 0 Å². The molecule has 0 spiro atoms. The predicted molar refractivity (Wildman–Crippen MR) is 96.4 cm³/mol. The van der Waals surface area contributed by atoms with Crippen LogP contribution in [0.5, 0.6) is 5.88 Å². The molecule has 4 heterocycles. The van der Waals surface area contributed by atoms with Gasteiger partial charge in [0.25, 0.3) is 0 Å². The van der Waals surface area contributed by atoms with E-state index in [0.717, 1.165) is 55.7 Å². The maximum atomic E-state index is 5.67. The van der Waals surface area contributed by atoms with E-state index >= 15 is 0 Å². The number of ether oxygens (including phenoxy) is 1. The van der Waals surface area contributed by atoms with Gasteiger partial charge in [-0.2, -0.15) is 9.61 Å². The molecule has 1 fully saturated rings. The maximum Gasteiger partial charge on any atom is 0.233 e. The maximum absolute atomic E-state index is 5.67. The summed E-state index contributed by atoms with van der Waals surface area (Å²) in [6.07, 6.45) is 0. The van der Waals surface area contributed by atoms with Crippen LogP contribution in [0.3, 0.4) is 0 Å². The lowest BCUT2D eigenvalue weighted by Crippen LogP contribution is -2.47. The summed E-state index contributed by atoms with van der Waals surface area (Å²) < 4.78 is 7.46. The highest BCUT2D eigenvalue weighted by Crippen LogP contribution is 2.14. The van der Waals surface area contributed by atoms with E-state index in [1.807, 2.05) is 38.1 Å². The Kier molecular flexibility index (Phi) is 4.61. The number of hydrogen-bond acceptors (Lipinski definition) is 8. The fourth-order valence-corrected chi connectivity index (χ4v) is 3.00. The van der Waals surface area contributed by atoms with Gasteiger partial charge in [-0.1, -0.05) is 0 Å². The minimum atomic E-state index is 0.580. The minimum absolute atomic E-state index is 0.580. The molecule has 3 aromatic heterocycles. The quantitative estimate of drug-likeness (QED) is 0.663. The van der Waals surface area contributed by atoms with Gasteiger partial charge in [-0.3, -0.25) is 4.90 Å². The van der Waals surface area contributed by atoms with Gasteiger partial charge in [-0.15, -0.1) is 20.4 Å². The molecule has 9 nitrogen and oxygen atoms in total. The molecule has 0 saturated carbocycles. The van der Waals surface area contributed by atoms with Crippen molar-refractivity contribution in [3.63, 3.8) is 0 Å². The number of aryl methyl sites for hydroxylation is 2. The fourth-order valence-electron chi connectivity index (χ4n) is 3.00. The third-order valence-corrected chi connectivity index (χ3v) is 4.53. The second-order valence-corrected chi connectivity index (χ2v) is 6.40. The van der Waals surface area contributed by atoms with E-state index in [4.69, 9.17) is 4.74 Å². The van der Waals surface area contributed by atoms with Crippen LogP contribution in [0.25, 0.3) is 5.65 Å². The summed E-state index contributed by atoms with van der Waals surface area (Å²) >= 11 is 0. The Morgan fingerprint density at radius 3 is 2.54 bits per heavy atom. The first-order valence-electron chi connectivity index (χ1n) is 8.78. The van der Waals surface area contributed by atoms with Gasteiger partial charge in [-0.05, 0) is 32.0 Å². The largest absolute Gasteiger partial charge is 0.475 e. The highest BCUT2D eigenvalue weighted by Gasteiger charge is 2.18. The van der Waals surface area contributed by atoms with E-state index < -0.39 is 0 Å². The molecule has 9 heteroatoms. The molecular formula is C17H22N8O. The van der Waals surface area contributed by atoms with Crippen molar-refractivity contribution in [1.29, 1.82) is 0 Å². The summed E-state index contributed by atoms with van der Waals surface area (Å²) in [6, 6.07) is 7.74. The molecule has 3 aromatic rings. The molecule has 26 heavy (non-hydrogen) atoms. The van der Waals surface area contributed by atoms with Crippen LogP contribution in [0.15, 0.2) is 24.3 Å². The van der Waals surface area contributed by atoms with Crippen LogP contribution in [0.2, 0.25) is 0 Å². The number of piperazine rings is 1. The number of hydrogen-bond donors (Lipinski definition) is 0. The first kappa shape index (κ1) is 16.6. The average molecular weight is 354 g/mol. The molecule has 0 aliphatic carbocycles. The molecule has 1 saturated heterocycles. The number of fused-ring (bicyclic) bond motifs is 1. The van der Waals surface area contributed by atoms with Crippen molar-refractivity contribution in [3.05, 3.63) is 35.8 Å². The van der Waals surface area contributed by atoms with E-state index in [-0.39, 0.29) is 0 Å². The molecule has 0 aromatic carbocycles. The second-order valence-electron chi connectivity index (χ2n) is 6.40. The van der Waals surface area contributed by atoms with E-state index in [2.05, 4.69) is 35.3 Å². The summed E-state index contributed by atoms with van der Waals surface area (Å²) in [4.78, 5) is 4.68. The van der Waals surface area contributed by atoms with Crippen LogP contribution in [0.4, 0.5) is 5.82 Å². The highest BCUT2D eigenvalue weighted by molar-refractivity contribution is 5.46. The summed E-state index contributed by atoms with van der Waals surface area (Å²) in [5.41, 5.74) is 1.67. The smallest absolute Gasteiger partial charge is 0.233 e. The standard InChI is InChI=1S/C17H22N8O/c1-13-3-6-17(21-18-13)26-12-11-23-7-9-24(10-8-23)16-5-4-15-20-19-14(2)25(15)22-16/h3-6H,7-12H2,1-2H3. The summed E-state index contributed by atoms with van der Waals surface area (Å²) in [5.74, 6) is 2.35. The zero-order valence-corrected chi connectivity index (χ0v) is 15.0. The number of aromatic nitrogens is 6. The predicted octanol–water partition coefficient (Wildman–Crippen LogP) is 0.732. The van der Waals surface area contributed by atoms with Gasteiger partial charge in [0.2, 0.25) is 5.88 Å². The first-order chi connectivity index (χ1) is 12.7. The normalized spacial score (nSPS) is 15.5. The van der Waals surface area contributed by atoms with Gasteiger partial charge in [0, 0.05) is 38.8 Å². The summed E-state index contributed by atoms with van der Waals surface area (Å²) in [7, 11) is 0. The third-order valence-electron chi connectivity index (χ3n) is 4.53. The molecule has 1 aliphatic heterocycles. The number of nitrogens with zero attached hydrogens (tertiary/aromatic N) is 8. The number of rotatable bonds is 5. The Morgan fingerprint density at radius 1 is 0.923 bits per heavy atom. The molecule has 4 rings (SSSR count). The van der Waals surface area contributed by atoms with Gasteiger partial charge in [0.05, 0.1) is 5.69 Å². The van der Waals surface area contributed by atoms with Crippen molar-refractivity contribution in [2.24, 2.45) is 0 Å². The lowest BCUT2D eigenvalue weighted by molar-refractivity contribution is 0.195. The monoisotopic (exact) mass is 354 g/mol. The van der Waals surface area contributed by atoms with Crippen LogP contribution < -0.4 is 9.64 Å². The van der Waals surface area contributed by atoms with Crippen LogP contribution in [-0.2, 0) is 0 Å². The molecule has 0 N–H and O–H groups in total. The zero-order valence-electron chi connectivity index (χ0n) is 15.0. The van der Waals surface area contributed by atoms with E-state index in [1.165, 1.54) is 0 Å². The minimum Gasteiger partial charge on any atom is -0.475 e. The molecule has 0 radical (unpaired) electrons. The molecule has 0 amide bonds. The summed E-state index contributed by atoms with van der Waals surface area (Å²) in [6.45, 7) is 9.13. The molecule has 0 unspecified atom stereocenters. The van der Waals surface area contributed by atoms with E-state index in [1.54, 1.807) is 4.52 Å². The van der Waals surface area contributed by atoms with Crippen molar-refractivity contribution >= 4 is 11.5 Å². The van der Waals surface area contributed by atoms with Crippen molar-refractivity contribution in [2.75, 3.05) is 44.2 Å². The van der Waals surface area contributed by atoms with E-state index in [0.29, 0.717) is 12.5 Å². The molecule has 136 valence electrons. The van der Waals surface area contributed by atoms with Crippen LogP contribution in [0, 0.1) is 13.8 Å². The van der Waals surface area contributed by atoms with Gasteiger partial charge >= 0.3 is 0 Å². The summed E-state index contributed by atoms with van der Waals surface area (Å²) in [5, 5.41) is 20.8. The second kappa shape index (κ2) is 7.20. The molecular weight excluding hydrogens is 332 g/mol. The Labute approximate surface area is 151 Å². The lowest BCUT2D eigenvalue weighted by atomic mass is 10.3. The van der Waals surface area contributed by atoms with Gasteiger partial charge in [0.15, 0.2) is 11.5 Å². The van der Waals surface area contributed by atoms with Gasteiger partial charge < -0.3 is 9.64 Å². The Hall–Kier alpha value is -2.81. The molecule has 1 aliphatic rings. The van der Waals surface area contributed by atoms with Crippen molar-refractivity contribution in [3.8, 4) is 5.88 Å². The van der Waals surface area contributed by atoms with Crippen molar-refractivity contribution in [1.82, 2.24) is 34.9 Å².